The Bertz CT molecular complexity index is 411. The number of halogens is 1. The molecule has 1 N–H and O–H groups in total. The van der Waals surface area contributed by atoms with Crippen LogP contribution in [0.2, 0.25) is 0 Å². The minimum Gasteiger partial charge on any atom is -0.396 e. The van der Waals surface area contributed by atoms with Crippen molar-refractivity contribution in [1.29, 1.82) is 0 Å². The number of thiophene rings is 1. The zero-order valence-electron chi connectivity index (χ0n) is 8.86. The molecule has 0 aliphatic rings. The summed E-state index contributed by atoms with van der Waals surface area (Å²) in [5.41, 5.74) is 0. The van der Waals surface area contributed by atoms with Crippen LogP contribution in [0.1, 0.15) is 24.1 Å². The SMILES string of the molecule is O=S(=O)(CCCCCO)Cc1sccc1Br. The molecule has 0 spiro atoms. The van der Waals surface area contributed by atoms with E-state index in [2.05, 4.69) is 15.9 Å². The third-order valence-electron chi connectivity index (χ3n) is 2.16. The molecule has 92 valence electrons. The second kappa shape index (κ2) is 6.74. The third kappa shape index (κ3) is 4.95. The largest absolute Gasteiger partial charge is 0.396 e. The molecule has 0 saturated carbocycles. The molecule has 16 heavy (non-hydrogen) atoms. The average Bonchev–Trinajstić information content (AvgIpc) is 2.59. The molecule has 0 aliphatic heterocycles. The third-order valence-corrected chi connectivity index (χ3v) is 5.90. The van der Waals surface area contributed by atoms with Crippen LogP contribution in [0.4, 0.5) is 0 Å². The van der Waals surface area contributed by atoms with E-state index in [-0.39, 0.29) is 18.1 Å². The van der Waals surface area contributed by atoms with Crippen LogP contribution in [-0.4, -0.2) is 25.9 Å². The number of aliphatic hydroxyl groups excluding tert-OH is 1. The number of unbranched alkanes of at least 4 members (excludes halogenated alkanes) is 2. The van der Waals surface area contributed by atoms with Crippen LogP contribution in [0.15, 0.2) is 15.9 Å². The Morgan fingerprint density at radius 1 is 1.31 bits per heavy atom. The lowest BCUT2D eigenvalue weighted by atomic mass is 10.3. The Labute approximate surface area is 109 Å². The van der Waals surface area contributed by atoms with E-state index in [0.717, 1.165) is 15.8 Å². The lowest BCUT2D eigenvalue weighted by Gasteiger charge is -2.03. The minimum absolute atomic E-state index is 0.115. The van der Waals surface area contributed by atoms with Crippen molar-refractivity contribution in [1.82, 2.24) is 0 Å². The van der Waals surface area contributed by atoms with Crippen molar-refractivity contribution in [3.05, 3.63) is 20.8 Å². The van der Waals surface area contributed by atoms with E-state index in [0.29, 0.717) is 12.8 Å². The van der Waals surface area contributed by atoms with Gasteiger partial charge in [-0.25, -0.2) is 8.42 Å². The first-order valence-corrected chi connectivity index (χ1v) is 8.58. The molecule has 0 unspecified atom stereocenters. The number of sulfone groups is 1. The van der Waals surface area contributed by atoms with E-state index in [1.807, 2.05) is 11.4 Å². The molecule has 0 amide bonds. The monoisotopic (exact) mass is 326 g/mol. The topological polar surface area (TPSA) is 54.4 Å². The maximum Gasteiger partial charge on any atom is 0.155 e. The lowest BCUT2D eigenvalue weighted by molar-refractivity contribution is 0.284. The van der Waals surface area contributed by atoms with Crippen LogP contribution < -0.4 is 0 Å². The van der Waals surface area contributed by atoms with E-state index >= 15 is 0 Å². The van der Waals surface area contributed by atoms with Crippen LogP contribution in [0.3, 0.4) is 0 Å². The molecular weight excluding hydrogens is 312 g/mol. The molecule has 1 heterocycles. The van der Waals surface area contributed by atoms with Crippen molar-refractivity contribution < 1.29 is 13.5 Å². The van der Waals surface area contributed by atoms with E-state index in [1.165, 1.54) is 11.3 Å². The summed E-state index contributed by atoms with van der Waals surface area (Å²) >= 11 is 4.78. The van der Waals surface area contributed by atoms with Crippen molar-refractivity contribution in [2.45, 2.75) is 25.0 Å². The molecule has 0 atom stereocenters. The Morgan fingerprint density at radius 3 is 2.62 bits per heavy atom. The summed E-state index contributed by atoms with van der Waals surface area (Å²) in [4.78, 5) is 0.863. The minimum atomic E-state index is -3.01. The molecule has 1 aromatic heterocycles. The van der Waals surface area contributed by atoms with Gasteiger partial charge in [0.25, 0.3) is 0 Å². The number of hydrogen-bond acceptors (Lipinski definition) is 4. The summed E-state index contributed by atoms with van der Waals surface area (Å²) in [6.45, 7) is 0.135. The van der Waals surface area contributed by atoms with Gasteiger partial charge in [-0.2, -0.15) is 0 Å². The van der Waals surface area contributed by atoms with Gasteiger partial charge in [0.05, 0.1) is 11.5 Å². The molecule has 0 bridgehead atoms. The molecular formula is C10H15BrO3S2. The summed E-state index contributed by atoms with van der Waals surface area (Å²) in [7, 11) is -3.01. The Morgan fingerprint density at radius 2 is 2.06 bits per heavy atom. The van der Waals surface area contributed by atoms with Gasteiger partial charge in [-0.1, -0.05) is 6.42 Å². The Kier molecular flexibility index (Phi) is 5.96. The normalized spacial score (nSPS) is 11.9. The van der Waals surface area contributed by atoms with Crippen LogP contribution in [-0.2, 0) is 15.6 Å². The van der Waals surface area contributed by atoms with Gasteiger partial charge in [-0.05, 0) is 40.2 Å². The summed E-state index contributed by atoms with van der Waals surface area (Å²) < 4.78 is 24.3. The first-order valence-electron chi connectivity index (χ1n) is 5.08. The Balaban J connectivity index is 2.43. The first kappa shape index (κ1) is 14.2. The fraction of sp³-hybridized carbons (Fsp3) is 0.600. The van der Waals surface area contributed by atoms with Gasteiger partial charge < -0.3 is 5.11 Å². The van der Waals surface area contributed by atoms with Crippen molar-refractivity contribution in [2.24, 2.45) is 0 Å². The van der Waals surface area contributed by atoms with E-state index < -0.39 is 9.84 Å². The van der Waals surface area contributed by atoms with Crippen LogP contribution in [0.25, 0.3) is 0 Å². The summed E-state index contributed by atoms with van der Waals surface area (Å²) in [6.07, 6.45) is 2.07. The summed E-state index contributed by atoms with van der Waals surface area (Å²) in [5, 5.41) is 10.5. The summed E-state index contributed by atoms with van der Waals surface area (Å²) in [6, 6.07) is 1.86. The van der Waals surface area contributed by atoms with Gasteiger partial charge in [-0.15, -0.1) is 11.3 Å². The average molecular weight is 327 g/mol. The second-order valence-corrected chi connectivity index (χ2v) is 7.61. The highest BCUT2D eigenvalue weighted by molar-refractivity contribution is 9.10. The number of aliphatic hydroxyl groups is 1. The zero-order chi connectivity index (χ0) is 12.0. The van der Waals surface area contributed by atoms with Gasteiger partial charge in [0.1, 0.15) is 0 Å². The maximum absolute atomic E-state index is 11.7. The summed E-state index contributed by atoms with van der Waals surface area (Å²) in [5.74, 6) is 0.321. The fourth-order valence-corrected chi connectivity index (χ4v) is 4.93. The van der Waals surface area contributed by atoms with E-state index in [9.17, 15) is 8.42 Å². The second-order valence-electron chi connectivity index (χ2n) is 3.57. The van der Waals surface area contributed by atoms with Crippen molar-refractivity contribution in [3.63, 3.8) is 0 Å². The van der Waals surface area contributed by atoms with Gasteiger partial charge >= 0.3 is 0 Å². The van der Waals surface area contributed by atoms with Gasteiger partial charge in [0.2, 0.25) is 0 Å². The van der Waals surface area contributed by atoms with Crippen molar-refractivity contribution >= 4 is 37.1 Å². The number of hydrogen-bond donors (Lipinski definition) is 1. The fourth-order valence-electron chi connectivity index (χ4n) is 1.31. The highest BCUT2D eigenvalue weighted by Crippen LogP contribution is 2.25. The smallest absolute Gasteiger partial charge is 0.155 e. The molecule has 0 radical (unpaired) electrons. The molecule has 3 nitrogen and oxygen atoms in total. The predicted molar refractivity (Wildman–Crippen MR) is 70.4 cm³/mol. The molecule has 0 fully saturated rings. The molecule has 6 heteroatoms. The first-order chi connectivity index (χ1) is 7.55. The van der Waals surface area contributed by atoms with Gasteiger partial charge in [0.15, 0.2) is 9.84 Å². The standard InChI is InChI=1S/C10H15BrO3S2/c11-9-4-6-15-10(9)8-16(13,14)7-3-1-2-5-12/h4,6,12H,1-3,5,7-8H2. The highest BCUT2D eigenvalue weighted by Gasteiger charge is 2.14. The van der Waals surface area contributed by atoms with Crippen molar-refractivity contribution in [3.8, 4) is 0 Å². The van der Waals surface area contributed by atoms with E-state index in [4.69, 9.17) is 5.11 Å². The van der Waals surface area contributed by atoms with Crippen LogP contribution >= 0.6 is 27.3 Å². The molecule has 1 aromatic rings. The molecule has 0 aromatic carbocycles. The van der Waals surface area contributed by atoms with Crippen LogP contribution in [0.5, 0.6) is 0 Å². The van der Waals surface area contributed by atoms with Gasteiger partial charge in [-0.3, -0.25) is 0 Å². The maximum atomic E-state index is 11.7. The molecule has 0 saturated heterocycles. The van der Waals surface area contributed by atoms with Crippen LogP contribution in [0, 0.1) is 0 Å². The lowest BCUT2D eigenvalue weighted by Crippen LogP contribution is -2.09. The van der Waals surface area contributed by atoms with Gasteiger partial charge in [0, 0.05) is 16.0 Å². The molecule has 0 aliphatic carbocycles. The zero-order valence-corrected chi connectivity index (χ0v) is 12.1. The molecule has 1 rings (SSSR count). The Hall–Kier alpha value is 0.0900. The number of rotatable bonds is 7. The van der Waals surface area contributed by atoms with E-state index in [1.54, 1.807) is 0 Å². The van der Waals surface area contributed by atoms with Crippen molar-refractivity contribution in [2.75, 3.05) is 12.4 Å². The predicted octanol–water partition coefficient (Wildman–Crippen LogP) is 2.59. The quantitative estimate of drug-likeness (QED) is 0.783. The highest BCUT2D eigenvalue weighted by atomic mass is 79.9.